The largest absolute Gasteiger partial charge is 0.481 e. The molecule has 104 valence electrons. The first kappa shape index (κ1) is 16.8. The van der Waals surface area contributed by atoms with Gasteiger partial charge in [0.2, 0.25) is 0 Å². The van der Waals surface area contributed by atoms with Crippen LogP contribution in [-0.2, 0) is 23.9 Å². The van der Waals surface area contributed by atoms with Crippen molar-refractivity contribution in [2.24, 2.45) is 0 Å². The molecule has 0 unspecified atom stereocenters. The summed E-state index contributed by atoms with van der Waals surface area (Å²) < 4.78 is 9.07. The average Bonchev–Trinajstić information content (AvgIpc) is 2.36. The normalized spacial score (nSPS) is 10.2. The molecule has 0 aromatic carbocycles. The van der Waals surface area contributed by atoms with Crippen molar-refractivity contribution in [2.75, 3.05) is 32.7 Å². The van der Waals surface area contributed by atoms with Gasteiger partial charge in [0.05, 0.1) is 14.2 Å². The standard InChI is InChI=1S/C11H19O6P/c1-16-10(14)4-7-18(6-3-9(12)13)8-5-11(15)17-2/h3-8H2,1-2H3,(H,12,13). The van der Waals surface area contributed by atoms with Gasteiger partial charge in [0.25, 0.3) is 0 Å². The van der Waals surface area contributed by atoms with Gasteiger partial charge in [-0.15, -0.1) is 7.92 Å². The summed E-state index contributed by atoms with van der Waals surface area (Å²) in [6.07, 6.45) is 2.29. The fourth-order valence-electron chi connectivity index (χ4n) is 1.29. The Hall–Kier alpha value is -1.16. The van der Waals surface area contributed by atoms with Crippen molar-refractivity contribution in [1.82, 2.24) is 0 Å². The molecule has 0 saturated heterocycles. The Bertz CT molecular complexity index is 271. The third-order valence-electron chi connectivity index (χ3n) is 2.36. The molecule has 0 aromatic rings. The second-order valence-electron chi connectivity index (χ2n) is 3.64. The van der Waals surface area contributed by atoms with Crippen molar-refractivity contribution in [3.05, 3.63) is 0 Å². The summed E-state index contributed by atoms with van der Waals surface area (Å²) in [5, 5.41) is 8.64. The molecule has 1 N–H and O–H groups in total. The summed E-state index contributed by atoms with van der Waals surface area (Å²) in [4.78, 5) is 32.6. The highest BCUT2D eigenvalue weighted by Crippen LogP contribution is 2.37. The van der Waals surface area contributed by atoms with Crippen molar-refractivity contribution in [3.8, 4) is 0 Å². The maximum Gasteiger partial charge on any atom is 0.305 e. The molecule has 0 bridgehead atoms. The predicted octanol–water partition coefficient (Wildman–Crippen LogP) is 1.07. The maximum absolute atomic E-state index is 11.0. The highest BCUT2D eigenvalue weighted by Gasteiger charge is 2.14. The van der Waals surface area contributed by atoms with Gasteiger partial charge in [0, 0.05) is 19.3 Å². The summed E-state index contributed by atoms with van der Waals surface area (Å²) in [5.41, 5.74) is 0. The number of esters is 2. The van der Waals surface area contributed by atoms with E-state index in [1.165, 1.54) is 14.2 Å². The lowest BCUT2D eigenvalue weighted by Crippen LogP contribution is -2.09. The molecule has 0 aromatic heterocycles. The number of methoxy groups -OCH3 is 2. The molecule has 0 rings (SSSR count). The zero-order valence-corrected chi connectivity index (χ0v) is 11.6. The van der Waals surface area contributed by atoms with Crippen LogP contribution in [0.2, 0.25) is 0 Å². The lowest BCUT2D eigenvalue weighted by molar-refractivity contribution is -0.140. The van der Waals surface area contributed by atoms with Gasteiger partial charge >= 0.3 is 17.9 Å². The fourth-order valence-corrected chi connectivity index (χ4v) is 3.47. The lowest BCUT2D eigenvalue weighted by atomic mass is 10.5. The van der Waals surface area contributed by atoms with Crippen molar-refractivity contribution in [2.45, 2.75) is 19.3 Å². The minimum Gasteiger partial charge on any atom is -0.481 e. The Morgan fingerprint density at radius 1 is 0.889 bits per heavy atom. The Morgan fingerprint density at radius 3 is 1.61 bits per heavy atom. The van der Waals surface area contributed by atoms with E-state index >= 15 is 0 Å². The average molecular weight is 278 g/mol. The molecule has 0 spiro atoms. The van der Waals surface area contributed by atoms with E-state index in [1.54, 1.807) is 0 Å². The van der Waals surface area contributed by atoms with Gasteiger partial charge in [0.15, 0.2) is 0 Å². The zero-order valence-electron chi connectivity index (χ0n) is 10.7. The molecule has 0 saturated carbocycles. The minimum absolute atomic E-state index is 0.0635. The molecule has 0 aliphatic carbocycles. The van der Waals surface area contributed by atoms with Gasteiger partial charge in [-0.1, -0.05) is 0 Å². The molecule has 0 heterocycles. The minimum atomic E-state index is -0.862. The third-order valence-corrected chi connectivity index (χ3v) is 4.93. The number of carbonyl (C=O) groups is 3. The van der Waals surface area contributed by atoms with Crippen molar-refractivity contribution in [3.63, 3.8) is 0 Å². The molecular weight excluding hydrogens is 259 g/mol. The van der Waals surface area contributed by atoms with Gasteiger partial charge < -0.3 is 14.6 Å². The first-order chi connectivity index (χ1) is 8.49. The summed E-state index contributed by atoms with van der Waals surface area (Å²) in [6.45, 7) is 0. The van der Waals surface area contributed by atoms with E-state index in [9.17, 15) is 14.4 Å². The summed E-state index contributed by atoms with van der Waals surface area (Å²) >= 11 is 0. The topological polar surface area (TPSA) is 89.9 Å². The van der Waals surface area contributed by atoms with Crippen LogP contribution >= 0.6 is 7.92 Å². The zero-order chi connectivity index (χ0) is 14.0. The molecule has 18 heavy (non-hydrogen) atoms. The van der Waals surface area contributed by atoms with Crippen LogP contribution in [0.3, 0.4) is 0 Å². The van der Waals surface area contributed by atoms with Gasteiger partial charge in [0.1, 0.15) is 0 Å². The van der Waals surface area contributed by atoms with Crippen molar-refractivity contribution >= 4 is 25.8 Å². The van der Waals surface area contributed by atoms with Crippen LogP contribution in [0.15, 0.2) is 0 Å². The number of carboxylic acid groups (broad SMARTS) is 1. The van der Waals surface area contributed by atoms with Crippen LogP contribution in [0, 0.1) is 0 Å². The quantitative estimate of drug-likeness (QED) is 0.501. The Labute approximate surface area is 107 Å². The van der Waals surface area contributed by atoms with E-state index < -0.39 is 13.9 Å². The maximum atomic E-state index is 11.0. The highest BCUT2D eigenvalue weighted by molar-refractivity contribution is 7.57. The SMILES string of the molecule is COC(=O)CCP(CCC(=O)O)CCC(=O)OC. The molecular formula is C11H19O6P. The van der Waals surface area contributed by atoms with Gasteiger partial charge in [-0.3, -0.25) is 14.4 Å². The molecule has 0 aliphatic heterocycles. The first-order valence-electron chi connectivity index (χ1n) is 5.57. The van der Waals surface area contributed by atoms with E-state index in [4.69, 9.17) is 5.11 Å². The van der Waals surface area contributed by atoms with E-state index in [2.05, 4.69) is 9.47 Å². The monoisotopic (exact) mass is 278 g/mol. The number of hydrogen-bond acceptors (Lipinski definition) is 5. The van der Waals surface area contributed by atoms with E-state index in [0.29, 0.717) is 18.5 Å². The summed E-state index contributed by atoms with van der Waals surface area (Å²) in [7, 11) is 1.98. The number of ether oxygens (including phenoxy) is 2. The number of aliphatic carboxylic acids is 1. The summed E-state index contributed by atoms with van der Waals surface area (Å²) in [6, 6.07) is 0. The molecule has 0 atom stereocenters. The third kappa shape index (κ3) is 8.93. The Balaban J connectivity index is 4.10. The molecule has 0 radical (unpaired) electrons. The first-order valence-corrected chi connectivity index (χ1v) is 7.47. The van der Waals surface area contributed by atoms with Crippen LogP contribution in [0.4, 0.5) is 0 Å². The Kier molecular flexibility index (Phi) is 9.19. The van der Waals surface area contributed by atoms with Gasteiger partial charge in [-0.25, -0.2) is 0 Å². The van der Waals surface area contributed by atoms with E-state index in [1.807, 2.05) is 0 Å². The van der Waals surface area contributed by atoms with E-state index in [-0.39, 0.29) is 31.2 Å². The molecule has 0 aliphatic rings. The lowest BCUT2D eigenvalue weighted by Gasteiger charge is -2.15. The summed E-state index contributed by atoms with van der Waals surface area (Å²) in [5.74, 6) is -1.48. The van der Waals surface area contributed by atoms with Crippen LogP contribution in [0.5, 0.6) is 0 Å². The second-order valence-corrected chi connectivity index (χ2v) is 6.32. The van der Waals surface area contributed by atoms with Crippen molar-refractivity contribution < 1.29 is 29.0 Å². The van der Waals surface area contributed by atoms with Crippen LogP contribution < -0.4 is 0 Å². The molecule has 7 heteroatoms. The molecule has 0 amide bonds. The number of carbonyl (C=O) groups excluding carboxylic acids is 2. The molecule has 0 fully saturated rings. The van der Waals surface area contributed by atoms with Crippen LogP contribution in [0.25, 0.3) is 0 Å². The van der Waals surface area contributed by atoms with Crippen LogP contribution in [-0.4, -0.2) is 55.7 Å². The van der Waals surface area contributed by atoms with Crippen molar-refractivity contribution in [1.29, 1.82) is 0 Å². The number of carboxylic acids is 1. The number of hydrogen-bond donors (Lipinski definition) is 1. The van der Waals surface area contributed by atoms with E-state index in [0.717, 1.165) is 0 Å². The van der Waals surface area contributed by atoms with Gasteiger partial charge in [-0.05, 0) is 18.5 Å². The van der Waals surface area contributed by atoms with Crippen LogP contribution in [0.1, 0.15) is 19.3 Å². The second kappa shape index (κ2) is 9.83. The highest BCUT2D eigenvalue weighted by atomic mass is 31.1. The number of rotatable bonds is 9. The predicted molar refractivity (Wildman–Crippen MR) is 67.0 cm³/mol. The van der Waals surface area contributed by atoms with Gasteiger partial charge in [-0.2, -0.15) is 0 Å². The Morgan fingerprint density at radius 2 is 1.28 bits per heavy atom. The molecule has 6 nitrogen and oxygen atoms in total. The fraction of sp³-hybridized carbons (Fsp3) is 0.727. The smallest absolute Gasteiger partial charge is 0.305 e.